The molecule has 282 valence electrons. The van der Waals surface area contributed by atoms with Crippen LogP contribution < -0.4 is 5.73 Å². The maximum absolute atomic E-state index is 14.1. The van der Waals surface area contributed by atoms with E-state index in [9.17, 15) is 19.5 Å². The highest BCUT2D eigenvalue weighted by atomic mass is 16.5. The number of carbonyl (C=O) groups excluding carboxylic acids is 2. The zero-order chi connectivity index (χ0) is 36.7. The molecule has 6 rings (SSSR count). The average Bonchev–Trinajstić information content (AvgIpc) is 3.77. The molecule has 7 heteroatoms. The van der Waals surface area contributed by atoms with Gasteiger partial charge in [0.25, 0.3) is 0 Å². The largest absolute Gasteiger partial charge is 0.481 e. The molecule has 6 aliphatic carbocycles. The van der Waals surface area contributed by atoms with Gasteiger partial charge in [-0.3, -0.25) is 14.4 Å². The lowest BCUT2D eigenvalue weighted by atomic mass is 9.33. The van der Waals surface area contributed by atoms with Crippen molar-refractivity contribution < 1.29 is 24.2 Å². The van der Waals surface area contributed by atoms with Crippen LogP contribution in [0.1, 0.15) is 146 Å². The highest BCUT2D eigenvalue weighted by Crippen LogP contribution is 2.77. The fraction of sp³-hybridized carbons (Fsp3) is 0.884. The fourth-order valence-corrected chi connectivity index (χ4v) is 13.4. The van der Waals surface area contributed by atoms with E-state index in [4.69, 9.17) is 10.5 Å². The molecule has 0 aromatic rings. The van der Waals surface area contributed by atoms with Gasteiger partial charge in [-0.1, -0.05) is 54.0 Å². The van der Waals surface area contributed by atoms with E-state index in [1.54, 1.807) is 19.4 Å². The van der Waals surface area contributed by atoms with Gasteiger partial charge in [0.05, 0.1) is 11.8 Å². The number of nitrogens with zero attached hydrogens (tertiary/aromatic N) is 1. The van der Waals surface area contributed by atoms with E-state index in [-0.39, 0.29) is 45.5 Å². The van der Waals surface area contributed by atoms with E-state index in [1.807, 2.05) is 0 Å². The van der Waals surface area contributed by atoms with E-state index in [1.165, 1.54) is 31.3 Å². The van der Waals surface area contributed by atoms with Crippen molar-refractivity contribution in [1.29, 1.82) is 0 Å². The second-order valence-corrected chi connectivity index (χ2v) is 20.5. The van der Waals surface area contributed by atoms with Crippen molar-refractivity contribution in [3.63, 3.8) is 0 Å². The second kappa shape index (κ2) is 13.0. The first-order valence-corrected chi connectivity index (χ1v) is 20.4. The predicted molar refractivity (Wildman–Crippen MR) is 198 cm³/mol. The van der Waals surface area contributed by atoms with Crippen molar-refractivity contribution in [2.24, 2.45) is 67.8 Å². The molecule has 50 heavy (non-hydrogen) atoms. The Morgan fingerprint density at radius 3 is 2.24 bits per heavy atom. The molecule has 0 aromatic carbocycles. The van der Waals surface area contributed by atoms with Gasteiger partial charge in [0.2, 0.25) is 0 Å². The maximum Gasteiger partial charge on any atom is 0.309 e. The Kier molecular flexibility index (Phi) is 9.87. The van der Waals surface area contributed by atoms with Gasteiger partial charge in [0.1, 0.15) is 6.10 Å². The van der Waals surface area contributed by atoms with Crippen molar-refractivity contribution in [2.45, 2.75) is 152 Å². The molecule has 5 fully saturated rings. The molecule has 0 saturated heterocycles. The Morgan fingerprint density at radius 1 is 0.920 bits per heavy atom. The van der Waals surface area contributed by atoms with Crippen molar-refractivity contribution in [2.75, 3.05) is 26.2 Å². The minimum Gasteiger partial charge on any atom is -0.481 e. The molecule has 5 saturated carbocycles. The summed E-state index contributed by atoms with van der Waals surface area (Å²) in [6.07, 6.45) is 13.0. The normalized spacial score (nSPS) is 39.6. The Hall–Kier alpha value is -1.73. The summed E-state index contributed by atoms with van der Waals surface area (Å²) in [4.78, 5) is 41.5. The number of carboxylic acids is 1. The van der Waals surface area contributed by atoms with Crippen molar-refractivity contribution in [3.8, 4) is 0 Å². The lowest BCUT2D eigenvalue weighted by Crippen LogP contribution is -2.65. The van der Waals surface area contributed by atoms with Crippen LogP contribution in [0, 0.1) is 62.1 Å². The van der Waals surface area contributed by atoms with Gasteiger partial charge in [-0.25, -0.2) is 0 Å². The zero-order valence-corrected chi connectivity index (χ0v) is 33.1. The number of nitrogens with two attached hydrogens (primary N) is 1. The first-order chi connectivity index (χ1) is 23.3. The number of ether oxygens (including phenoxy) is 1. The average molecular weight is 695 g/mol. The third-order valence-corrected chi connectivity index (χ3v) is 16.5. The molecular weight excluding hydrogens is 624 g/mol. The molecule has 0 spiro atoms. The molecule has 0 aliphatic heterocycles. The third kappa shape index (κ3) is 6.04. The van der Waals surface area contributed by atoms with Crippen molar-refractivity contribution in [3.05, 3.63) is 11.1 Å². The van der Waals surface area contributed by atoms with Crippen molar-refractivity contribution in [1.82, 2.24) is 4.90 Å². The van der Waals surface area contributed by atoms with E-state index < -0.39 is 17.4 Å². The summed E-state index contributed by atoms with van der Waals surface area (Å²) in [6, 6.07) is 0. The lowest BCUT2D eigenvalue weighted by Gasteiger charge is -2.72. The quantitative estimate of drug-likeness (QED) is 0.197. The van der Waals surface area contributed by atoms with Gasteiger partial charge >= 0.3 is 11.9 Å². The number of aliphatic carboxylic acids is 1. The van der Waals surface area contributed by atoms with Gasteiger partial charge in [-0.15, -0.1) is 0 Å². The van der Waals surface area contributed by atoms with Crippen LogP contribution in [0.4, 0.5) is 0 Å². The van der Waals surface area contributed by atoms with Crippen LogP contribution in [0.15, 0.2) is 11.1 Å². The van der Waals surface area contributed by atoms with E-state index >= 15 is 0 Å². The molecular formula is C43H70N2O5. The van der Waals surface area contributed by atoms with Crippen LogP contribution in [-0.4, -0.2) is 60.0 Å². The predicted octanol–water partition coefficient (Wildman–Crippen LogP) is 8.44. The summed E-state index contributed by atoms with van der Waals surface area (Å²) in [5, 5.41) is 9.61. The second-order valence-electron chi connectivity index (χ2n) is 20.5. The third-order valence-electron chi connectivity index (χ3n) is 16.5. The summed E-state index contributed by atoms with van der Waals surface area (Å²) < 4.78 is 6.19. The van der Waals surface area contributed by atoms with Gasteiger partial charge < -0.3 is 20.5 Å². The highest BCUT2D eigenvalue weighted by Gasteiger charge is 2.70. The molecule has 0 amide bonds. The zero-order valence-electron chi connectivity index (χ0n) is 33.1. The molecule has 7 nitrogen and oxygen atoms in total. The number of rotatable bonds is 12. The van der Waals surface area contributed by atoms with Gasteiger partial charge in [-0.2, -0.15) is 0 Å². The van der Waals surface area contributed by atoms with Gasteiger partial charge in [-0.05, 0) is 142 Å². The molecule has 8 atom stereocenters. The fourth-order valence-electron chi connectivity index (χ4n) is 13.4. The number of carbonyl (C=O) groups is 3. The summed E-state index contributed by atoms with van der Waals surface area (Å²) in [5.41, 5.74) is 7.95. The standard InChI is InChI=1S/C43H70N2O5/c1-27(2)35-30(46)24-43(20-22-45(23-21-44)26-28-10-11-28)19-18-41(8)29(36(35)43)12-13-32-40(7)16-15-33(50-34(47)25-38(3,4)37(48)49)39(5,6)31(40)14-17-42(32,41)9/h27-29,31-33H,10-26,44H2,1-9H3,(H,48,49)/t29-,31?,32?,33+,40+,41-,42-,43-/m1/s1. The number of allylic oxidation sites excluding steroid dienone is 2. The Bertz CT molecular complexity index is 1390. The monoisotopic (exact) mass is 695 g/mol. The number of fused-ring (bicyclic) bond motifs is 7. The molecule has 0 aromatic heterocycles. The Balaban J connectivity index is 1.26. The number of Topliss-reactive ketones (excluding diaryl/α,β-unsaturated/α-hetero) is 1. The summed E-state index contributed by atoms with van der Waals surface area (Å²) >= 11 is 0. The van der Waals surface area contributed by atoms with Crippen LogP contribution in [0.3, 0.4) is 0 Å². The number of ketones is 1. The summed E-state index contributed by atoms with van der Waals surface area (Å²) in [7, 11) is 0. The molecule has 3 N–H and O–H groups in total. The first-order valence-electron chi connectivity index (χ1n) is 20.4. The number of hydrogen-bond acceptors (Lipinski definition) is 6. The van der Waals surface area contributed by atoms with Gasteiger partial charge in [0.15, 0.2) is 5.78 Å². The Labute approximate surface area is 303 Å². The maximum atomic E-state index is 14.1. The Morgan fingerprint density at radius 2 is 1.62 bits per heavy atom. The van der Waals surface area contributed by atoms with E-state index in [0.717, 1.165) is 70.5 Å². The molecule has 0 bridgehead atoms. The summed E-state index contributed by atoms with van der Waals surface area (Å²) in [6.45, 7) is 24.0. The number of carboxylic acid groups (broad SMARTS) is 1. The minimum atomic E-state index is -1.14. The molecule has 0 radical (unpaired) electrons. The topological polar surface area (TPSA) is 110 Å². The first kappa shape index (κ1) is 38.0. The molecule has 6 aliphatic rings. The lowest BCUT2D eigenvalue weighted by molar-refractivity contribution is -0.233. The smallest absolute Gasteiger partial charge is 0.309 e. The van der Waals surface area contributed by atoms with E-state index in [2.05, 4.69) is 53.4 Å². The van der Waals surface area contributed by atoms with Crippen LogP contribution in [0.2, 0.25) is 0 Å². The highest BCUT2D eigenvalue weighted by molar-refractivity contribution is 6.00. The van der Waals surface area contributed by atoms with Crippen LogP contribution in [0.5, 0.6) is 0 Å². The van der Waals surface area contributed by atoms with Crippen LogP contribution in [0.25, 0.3) is 0 Å². The van der Waals surface area contributed by atoms with Crippen LogP contribution >= 0.6 is 0 Å². The van der Waals surface area contributed by atoms with E-state index in [0.29, 0.717) is 36.5 Å². The van der Waals surface area contributed by atoms with Gasteiger partial charge in [0, 0.05) is 36.9 Å². The molecule has 0 heterocycles. The number of esters is 1. The SMILES string of the molecule is CC(C)C1=C2[C@H]3CCC4[C@@]5(C)CC[C@H](OC(=O)CC(C)(C)C(=O)O)C(C)(C)C5CC[C@@]4(C)[C@]3(C)CC[C@@]2(CCN(CCN)CC2CC2)CC1=O. The van der Waals surface area contributed by atoms with Crippen LogP contribution in [-0.2, 0) is 19.1 Å². The minimum absolute atomic E-state index is 0.000690. The van der Waals surface area contributed by atoms with Crippen molar-refractivity contribution >= 4 is 17.7 Å². The summed E-state index contributed by atoms with van der Waals surface area (Å²) in [5.74, 6) is 1.61. The molecule has 2 unspecified atom stereocenters. The number of hydrogen-bond donors (Lipinski definition) is 2.